The summed E-state index contributed by atoms with van der Waals surface area (Å²) in [5, 5.41) is 23.6. The van der Waals surface area contributed by atoms with Crippen LogP contribution >= 0.6 is 0 Å². The van der Waals surface area contributed by atoms with Gasteiger partial charge in [-0.05, 0) is 36.8 Å². The van der Waals surface area contributed by atoms with Gasteiger partial charge in [-0.1, -0.05) is 19.4 Å². The van der Waals surface area contributed by atoms with E-state index in [1.54, 1.807) is 17.2 Å². The van der Waals surface area contributed by atoms with E-state index in [0.29, 0.717) is 19.6 Å². The standard InChI is InChI=1S/C16H24N2O4/c1-2-3-8-17-16(21)22-18-9-6-12(7-10-18)14-5-4-13(19)11-15(14)20/h4-5,11-12,19-20H,2-3,6-10H2,1H3,(H,17,21). The number of phenols is 2. The van der Waals surface area contributed by atoms with Gasteiger partial charge in [-0.15, -0.1) is 5.06 Å². The van der Waals surface area contributed by atoms with Crippen molar-refractivity contribution in [3.63, 3.8) is 0 Å². The van der Waals surface area contributed by atoms with Gasteiger partial charge < -0.3 is 20.4 Å². The fraction of sp³-hybridized carbons (Fsp3) is 0.562. The van der Waals surface area contributed by atoms with Gasteiger partial charge in [-0.2, -0.15) is 0 Å². The molecule has 2 rings (SSSR count). The van der Waals surface area contributed by atoms with Crippen LogP contribution in [0.15, 0.2) is 18.2 Å². The normalized spacial score (nSPS) is 16.4. The third-order valence-corrected chi connectivity index (χ3v) is 3.92. The molecule has 22 heavy (non-hydrogen) atoms. The van der Waals surface area contributed by atoms with E-state index in [4.69, 9.17) is 4.84 Å². The Labute approximate surface area is 130 Å². The number of carbonyl (C=O) groups is 1. The zero-order valence-electron chi connectivity index (χ0n) is 12.9. The van der Waals surface area contributed by atoms with E-state index in [1.807, 2.05) is 0 Å². The molecule has 0 saturated carbocycles. The number of aromatic hydroxyl groups is 2. The minimum atomic E-state index is -0.403. The van der Waals surface area contributed by atoms with Crippen molar-refractivity contribution >= 4 is 6.09 Å². The van der Waals surface area contributed by atoms with Gasteiger partial charge in [0.1, 0.15) is 11.5 Å². The van der Waals surface area contributed by atoms with Gasteiger partial charge in [-0.25, -0.2) is 4.79 Å². The number of rotatable bonds is 5. The van der Waals surface area contributed by atoms with E-state index in [2.05, 4.69) is 12.2 Å². The number of unbranched alkanes of at least 4 members (excludes halogenated alkanes) is 1. The predicted molar refractivity (Wildman–Crippen MR) is 82.7 cm³/mol. The quantitative estimate of drug-likeness (QED) is 0.729. The molecule has 6 nitrogen and oxygen atoms in total. The molecule has 1 heterocycles. The molecule has 0 radical (unpaired) electrons. The number of nitrogens with one attached hydrogen (secondary N) is 1. The summed E-state index contributed by atoms with van der Waals surface area (Å²) in [6.45, 7) is 3.96. The Morgan fingerprint density at radius 1 is 1.36 bits per heavy atom. The summed E-state index contributed by atoms with van der Waals surface area (Å²) in [6, 6.07) is 4.70. The Morgan fingerprint density at radius 2 is 2.09 bits per heavy atom. The highest BCUT2D eigenvalue weighted by Crippen LogP contribution is 2.35. The maximum absolute atomic E-state index is 11.6. The maximum atomic E-state index is 11.6. The highest BCUT2D eigenvalue weighted by molar-refractivity contribution is 5.66. The van der Waals surface area contributed by atoms with Crippen LogP contribution in [-0.2, 0) is 4.84 Å². The molecule has 0 spiro atoms. The summed E-state index contributed by atoms with van der Waals surface area (Å²) < 4.78 is 0. The lowest BCUT2D eigenvalue weighted by molar-refractivity contribution is -0.113. The van der Waals surface area contributed by atoms with Gasteiger partial charge in [0, 0.05) is 25.7 Å². The molecule has 122 valence electrons. The summed E-state index contributed by atoms with van der Waals surface area (Å²) in [7, 11) is 0. The minimum absolute atomic E-state index is 0.0609. The third kappa shape index (κ3) is 4.53. The monoisotopic (exact) mass is 308 g/mol. The Hall–Kier alpha value is -1.95. The molecule has 1 saturated heterocycles. The number of hydrogen-bond donors (Lipinski definition) is 3. The van der Waals surface area contributed by atoms with Crippen LogP contribution in [0, 0.1) is 0 Å². The molecule has 1 amide bonds. The third-order valence-electron chi connectivity index (χ3n) is 3.92. The van der Waals surface area contributed by atoms with Crippen molar-refractivity contribution < 1.29 is 19.8 Å². The SMILES string of the molecule is CCCCNC(=O)ON1CCC(c2ccc(O)cc2O)CC1. The second-order valence-electron chi connectivity index (χ2n) is 5.61. The largest absolute Gasteiger partial charge is 0.508 e. The van der Waals surface area contributed by atoms with Crippen molar-refractivity contribution in [3.8, 4) is 11.5 Å². The summed E-state index contributed by atoms with van der Waals surface area (Å²) in [5.74, 6) is 0.394. The Balaban J connectivity index is 1.79. The first-order chi connectivity index (χ1) is 10.6. The Bertz CT molecular complexity index is 499. The van der Waals surface area contributed by atoms with E-state index in [9.17, 15) is 15.0 Å². The van der Waals surface area contributed by atoms with Crippen LogP contribution in [0.2, 0.25) is 0 Å². The summed E-state index contributed by atoms with van der Waals surface area (Å²) in [4.78, 5) is 16.8. The molecule has 1 aromatic carbocycles. The summed E-state index contributed by atoms with van der Waals surface area (Å²) in [6.07, 6.45) is 3.15. The number of hydrogen-bond acceptors (Lipinski definition) is 5. The molecule has 0 bridgehead atoms. The van der Waals surface area contributed by atoms with Crippen molar-refractivity contribution in [2.45, 2.75) is 38.5 Å². The van der Waals surface area contributed by atoms with Gasteiger partial charge in [-0.3, -0.25) is 0 Å². The lowest BCUT2D eigenvalue weighted by atomic mass is 9.89. The first-order valence-corrected chi connectivity index (χ1v) is 7.82. The van der Waals surface area contributed by atoms with Crippen molar-refractivity contribution in [3.05, 3.63) is 23.8 Å². The molecular formula is C16H24N2O4. The minimum Gasteiger partial charge on any atom is -0.508 e. The van der Waals surface area contributed by atoms with Gasteiger partial charge in [0.15, 0.2) is 0 Å². The second-order valence-corrected chi connectivity index (χ2v) is 5.61. The predicted octanol–water partition coefficient (Wildman–Crippen LogP) is 2.72. The Morgan fingerprint density at radius 3 is 2.73 bits per heavy atom. The molecule has 0 aliphatic carbocycles. The summed E-state index contributed by atoms with van der Waals surface area (Å²) in [5.41, 5.74) is 0.838. The average Bonchev–Trinajstić information content (AvgIpc) is 2.49. The van der Waals surface area contributed by atoms with E-state index in [-0.39, 0.29) is 17.4 Å². The number of piperidine rings is 1. The molecule has 0 aromatic heterocycles. The molecule has 6 heteroatoms. The highest BCUT2D eigenvalue weighted by Gasteiger charge is 2.24. The van der Waals surface area contributed by atoms with Gasteiger partial charge in [0.2, 0.25) is 0 Å². The number of phenolic OH excluding ortho intramolecular Hbond substituents is 2. The molecule has 1 fully saturated rings. The molecule has 1 aromatic rings. The fourth-order valence-electron chi connectivity index (χ4n) is 2.65. The molecule has 0 atom stereocenters. The van der Waals surface area contributed by atoms with E-state index >= 15 is 0 Å². The topological polar surface area (TPSA) is 82.0 Å². The average molecular weight is 308 g/mol. The molecular weight excluding hydrogens is 284 g/mol. The zero-order valence-corrected chi connectivity index (χ0v) is 12.9. The van der Waals surface area contributed by atoms with Crippen LogP contribution in [0.4, 0.5) is 4.79 Å². The summed E-state index contributed by atoms with van der Waals surface area (Å²) >= 11 is 0. The smallest absolute Gasteiger partial charge is 0.426 e. The number of amides is 1. The number of hydroxylamine groups is 2. The van der Waals surface area contributed by atoms with Gasteiger partial charge in [0.25, 0.3) is 0 Å². The van der Waals surface area contributed by atoms with Crippen LogP contribution in [0.25, 0.3) is 0 Å². The Kier molecular flexibility index (Phi) is 5.89. The van der Waals surface area contributed by atoms with Crippen LogP contribution in [0.1, 0.15) is 44.1 Å². The number of nitrogens with zero attached hydrogens (tertiary/aromatic N) is 1. The molecule has 3 N–H and O–H groups in total. The van der Waals surface area contributed by atoms with E-state index < -0.39 is 6.09 Å². The van der Waals surface area contributed by atoms with Crippen LogP contribution < -0.4 is 5.32 Å². The van der Waals surface area contributed by atoms with Crippen LogP contribution in [-0.4, -0.2) is 41.0 Å². The van der Waals surface area contributed by atoms with Crippen LogP contribution in [0.3, 0.4) is 0 Å². The second kappa shape index (κ2) is 7.89. The van der Waals surface area contributed by atoms with E-state index in [0.717, 1.165) is 31.2 Å². The maximum Gasteiger partial charge on any atom is 0.426 e. The lowest BCUT2D eigenvalue weighted by Crippen LogP contribution is -2.38. The highest BCUT2D eigenvalue weighted by atomic mass is 16.7. The lowest BCUT2D eigenvalue weighted by Gasteiger charge is -2.30. The molecule has 1 aliphatic heterocycles. The zero-order chi connectivity index (χ0) is 15.9. The molecule has 0 unspecified atom stereocenters. The number of benzene rings is 1. The van der Waals surface area contributed by atoms with Crippen LogP contribution in [0.5, 0.6) is 11.5 Å². The molecule has 1 aliphatic rings. The van der Waals surface area contributed by atoms with E-state index in [1.165, 1.54) is 6.07 Å². The van der Waals surface area contributed by atoms with Crippen molar-refractivity contribution in [1.82, 2.24) is 10.4 Å². The van der Waals surface area contributed by atoms with Gasteiger partial charge in [0.05, 0.1) is 0 Å². The van der Waals surface area contributed by atoms with Crippen molar-refractivity contribution in [1.29, 1.82) is 0 Å². The number of carbonyl (C=O) groups excluding carboxylic acids is 1. The fourth-order valence-corrected chi connectivity index (χ4v) is 2.65. The first kappa shape index (κ1) is 16.4. The van der Waals surface area contributed by atoms with Crippen molar-refractivity contribution in [2.75, 3.05) is 19.6 Å². The van der Waals surface area contributed by atoms with Crippen molar-refractivity contribution in [2.24, 2.45) is 0 Å². The first-order valence-electron chi connectivity index (χ1n) is 7.82. The van der Waals surface area contributed by atoms with Gasteiger partial charge >= 0.3 is 6.09 Å².